The van der Waals surface area contributed by atoms with E-state index < -0.39 is 0 Å². The molecule has 1 aromatic carbocycles. The molecule has 0 saturated carbocycles. The zero-order valence-corrected chi connectivity index (χ0v) is 9.03. The summed E-state index contributed by atoms with van der Waals surface area (Å²) in [6.07, 6.45) is 2.20. The number of carbonyl (C=O) groups is 1. The third-order valence-electron chi connectivity index (χ3n) is 2.15. The number of nitrogens with two attached hydrogens (primary N) is 1. The standard InChI is InChI=1S/C12H17NO2/c1-2-3-8-15-12(14)9-10-6-4-5-7-11(10)13/h4-7H,2-3,8-9,13H2,1H3. The lowest BCUT2D eigenvalue weighted by molar-refractivity contribution is -0.142. The summed E-state index contributed by atoms with van der Waals surface area (Å²) < 4.78 is 5.05. The van der Waals surface area contributed by atoms with E-state index in [1.54, 1.807) is 6.07 Å². The van der Waals surface area contributed by atoms with Gasteiger partial charge in [-0.1, -0.05) is 31.5 Å². The summed E-state index contributed by atoms with van der Waals surface area (Å²) in [6, 6.07) is 7.34. The number of benzene rings is 1. The van der Waals surface area contributed by atoms with E-state index in [0.717, 1.165) is 18.4 Å². The van der Waals surface area contributed by atoms with Crippen LogP contribution in [0, 0.1) is 0 Å². The fraction of sp³-hybridized carbons (Fsp3) is 0.417. The van der Waals surface area contributed by atoms with Crippen LogP contribution in [-0.2, 0) is 16.0 Å². The topological polar surface area (TPSA) is 52.3 Å². The van der Waals surface area contributed by atoms with Gasteiger partial charge in [0.25, 0.3) is 0 Å². The Bertz CT molecular complexity index is 323. The number of para-hydroxylation sites is 1. The molecule has 3 heteroatoms. The van der Waals surface area contributed by atoms with Crippen LogP contribution in [0.3, 0.4) is 0 Å². The molecule has 1 rings (SSSR count). The molecule has 3 nitrogen and oxygen atoms in total. The van der Waals surface area contributed by atoms with Crippen molar-refractivity contribution >= 4 is 11.7 Å². The second kappa shape index (κ2) is 6.06. The van der Waals surface area contributed by atoms with E-state index >= 15 is 0 Å². The highest BCUT2D eigenvalue weighted by atomic mass is 16.5. The van der Waals surface area contributed by atoms with Gasteiger partial charge in [0.05, 0.1) is 13.0 Å². The van der Waals surface area contributed by atoms with Gasteiger partial charge < -0.3 is 10.5 Å². The molecule has 0 radical (unpaired) electrons. The van der Waals surface area contributed by atoms with Gasteiger partial charge >= 0.3 is 5.97 Å². The monoisotopic (exact) mass is 207 g/mol. The van der Waals surface area contributed by atoms with Gasteiger partial charge in [0, 0.05) is 5.69 Å². The van der Waals surface area contributed by atoms with E-state index in [9.17, 15) is 4.79 Å². The first-order chi connectivity index (χ1) is 7.24. The van der Waals surface area contributed by atoms with Crippen LogP contribution >= 0.6 is 0 Å². The third kappa shape index (κ3) is 4.02. The van der Waals surface area contributed by atoms with Crippen molar-refractivity contribution < 1.29 is 9.53 Å². The van der Waals surface area contributed by atoms with Gasteiger partial charge in [-0.2, -0.15) is 0 Å². The first-order valence-corrected chi connectivity index (χ1v) is 5.23. The fourth-order valence-corrected chi connectivity index (χ4v) is 1.23. The molecular weight excluding hydrogens is 190 g/mol. The van der Waals surface area contributed by atoms with Gasteiger partial charge in [-0.15, -0.1) is 0 Å². The summed E-state index contributed by atoms with van der Waals surface area (Å²) >= 11 is 0. The van der Waals surface area contributed by atoms with Crippen LogP contribution in [0.1, 0.15) is 25.3 Å². The minimum absolute atomic E-state index is 0.207. The molecular formula is C12H17NO2. The maximum absolute atomic E-state index is 11.4. The molecule has 0 bridgehead atoms. The number of rotatable bonds is 5. The molecule has 0 aromatic heterocycles. The number of nitrogen functional groups attached to an aromatic ring is 1. The van der Waals surface area contributed by atoms with Crippen molar-refractivity contribution in [1.82, 2.24) is 0 Å². The Morgan fingerprint density at radius 1 is 1.40 bits per heavy atom. The molecule has 0 saturated heterocycles. The van der Waals surface area contributed by atoms with Crippen molar-refractivity contribution in [3.8, 4) is 0 Å². The third-order valence-corrected chi connectivity index (χ3v) is 2.15. The second-order valence-corrected chi connectivity index (χ2v) is 3.45. The summed E-state index contributed by atoms with van der Waals surface area (Å²) in [6.45, 7) is 2.56. The van der Waals surface area contributed by atoms with Crippen molar-refractivity contribution in [3.63, 3.8) is 0 Å². The van der Waals surface area contributed by atoms with Crippen molar-refractivity contribution in [2.24, 2.45) is 0 Å². The van der Waals surface area contributed by atoms with Gasteiger partial charge in [0.15, 0.2) is 0 Å². The number of hydrogen-bond donors (Lipinski definition) is 1. The van der Waals surface area contributed by atoms with Crippen molar-refractivity contribution in [3.05, 3.63) is 29.8 Å². The van der Waals surface area contributed by atoms with Gasteiger partial charge in [-0.25, -0.2) is 0 Å². The molecule has 2 N–H and O–H groups in total. The van der Waals surface area contributed by atoms with Crippen LogP contribution in [-0.4, -0.2) is 12.6 Å². The Balaban J connectivity index is 2.41. The number of carbonyl (C=O) groups excluding carboxylic acids is 1. The van der Waals surface area contributed by atoms with E-state index in [1.807, 2.05) is 18.2 Å². The quantitative estimate of drug-likeness (QED) is 0.457. The zero-order chi connectivity index (χ0) is 11.1. The van der Waals surface area contributed by atoms with E-state index in [4.69, 9.17) is 10.5 Å². The second-order valence-electron chi connectivity index (χ2n) is 3.45. The Labute approximate surface area is 90.2 Å². The summed E-state index contributed by atoms with van der Waals surface area (Å²) in [4.78, 5) is 11.4. The van der Waals surface area contributed by atoms with E-state index in [2.05, 4.69) is 6.92 Å². The number of anilines is 1. The lowest BCUT2D eigenvalue weighted by Gasteiger charge is -2.05. The highest BCUT2D eigenvalue weighted by molar-refractivity contribution is 5.74. The maximum atomic E-state index is 11.4. The van der Waals surface area contributed by atoms with Gasteiger partial charge in [-0.3, -0.25) is 4.79 Å². The first kappa shape index (κ1) is 11.6. The molecule has 82 valence electrons. The lowest BCUT2D eigenvalue weighted by Crippen LogP contribution is -2.10. The number of ether oxygens (including phenoxy) is 1. The van der Waals surface area contributed by atoms with Crippen LogP contribution in [0.15, 0.2) is 24.3 Å². The largest absolute Gasteiger partial charge is 0.465 e. The Morgan fingerprint density at radius 2 is 2.13 bits per heavy atom. The normalized spacial score (nSPS) is 9.93. The predicted octanol–water partition coefficient (Wildman–Crippen LogP) is 2.15. The average Bonchev–Trinajstić information content (AvgIpc) is 2.22. The van der Waals surface area contributed by atoms with Gasteiger partial charge in [-0.05, 0) is 18.1 Å². The number of esters is 1. The van der Waals surface area contributed by atoms with Crippen LogP contribution < -0.4 is 5.73 Å². The minimum atomic E-state index is -0.207. The van der Waals surface area contributed by atoms with E-state index in [0.29, 0.717) is 12.3 Å². The van der Waals surface area contributed by atoms with Crippen LogP contribution in [0.5, 0.6) is 0 Å². The molecule has 0 unspecified atom stereocenters. The Hall–Kier alpha value is -1.51. The summed E-state index contributed by atoms with van der Waals surface area (Å²) in [5.74, 6) is -0.207. The number of unbranched alkanes of at least 4 members (excludes halogenated alkanes) is 1. The molecule has 0 heterocycles. The Morgan fingerprint density at radius 3 is 2.80 bits per heavy atom. The van der Waals surface area contributed by atoms with Crippen molar-refractivity contribution in [2.75, 3.05) is 12.3 Å². The molecule has 0 aliphatic rings. The van der Waals surface area contributed by atoms with Crippen LogP contribution in [0.2, 0.25) is 0 Å². The molecule has 0 aliphatic carbocycles. The summed E-state index contributed by atoms with van der Waals surface area (Å²) in [5.41, 5.74) is 7.19. The molecule has 1 aromatic rings. The molecule has 0 amide bonds. The van der Waals surface area contributed by atoms with Crippen LogP contribution in [0.25, 0.3) is 0 Å². The predicted molar refractivity (Wildman–Crippen MR) is 60.4 cm³/mol. The molecule has 0 atom stereocenters. The van der Waals surface area contributed by atoms with Gasteiger partial charge in [0.2, 0.25) is 0 Å². The molecule has 0 aliphatic heterocycles. The molecule has 15 heavy (non-hydrogen) atoms. The van der Waals surface area contributed by atoms with E-state index in [1.165, 1.54) is 0 Å². The van der Waals surface area contributed by atoms with Crippen molar-refractivity contribution in [1.29, 1.82) is 0 Å². The van der Waals surface area contributed by atoms with Crippen molar-refractivity contribution in [2.45, 2.75) is 26.2 Å². The molecule has 0 fully saturated rings. The van der Waals surface area contributed by atoms with Crippen LogP contribution in [0.4, 0.5) is 5.69 Å². The highest BCUT2D eigenvalue weighted by Crippen LogP contribution is 2.11. The van der Waals surface area contributed by atoms with E-state index in [-0.39, 0.29) is 12.4 Å². The fourth-order valence-electron chi connectivity index (χ4n) is 1.23. The maximum Gasteiger partial charge on any atom is 0.310 e. The smallest absolute Gasteiger partial charge is 0.310 e. The minimum Gasteiger partial charge on any atom is -0.465 e. The average molecular weight is 207 g/mol. The first-order valence-electron chi connectivity index (χ1n) is 5.23. The molecule has 0 spiro atoms. The highest BCUT2D eigenvalue weighted by Gasteiger charge is 2.06. The zero-order valence-electron chi connectivity index (χ0n) is 9.03. The van der Waals surface area contributed by atoms with Gasteiger partial charge in [0.1, 0.15) is 0 Å². The summed E-state index contributed by atoms with van der Waals surface area (Å²) in [5, 5.41) is 0. The lowest BCUT2D eigenvalue weighted by atomic mass is 10.1. The summed E-state index contributed by atoms with van der Waals surface area (Å²) in [7, 11) is 0. The SMILES string of the molecule is CCCCOC(=O)Cc1ccccc1N. The number of hydrogen-bond acceptors (Lipinski definition) is 3. The Kier molecular flexibility index (Phi) is 4.68.